The van der Waals surface area contributed by atoms with Gasteiger partial charge >= 0.3 is 0 Å². The molecule has 2 N–H and O–H groups in total. The average molecular weight is 583 g/mol. The molecule has 1 saturated carbocycles. The Morgan fingerprint density at radius 3 is 2.37 bits per heavy atom. The van der Waals surface area contributed by atoms with Crippen molar-refractivity contribution in [2.24, 2.45) is 5.92 Å². The van der Waals surface area contributed by atoms with Crippen LogP contribution in [0.1, 0.15) is 57.6 Å². The standard InChI is InChI=1S/C34H42N6O3/c1-34(2,3)25-12-17-28(18-13-25)43-31-19-16-27(40(41)42)20-24(31)22-35-21-23-10-14-26(15-11-23)36-33-37-30-9-7-6-8-29(30)32(38-33)39(4)5/h6-9,12-13,16-20,23,26,35H,10-11,14-15,21-22H2,1-5H3,(H,36,37,38). The zero-order valence-corrected chi connectivity index (χ0v) is 25.8. The van der Waals surface area contributed by atoms with Crippen LogP contribution in [0.4, 0.5) is 17.5 Å². The van der Waals surface area contributed by atoms with Gasteiger partial charge in [-0.3, -0.25) is 10.1 Å². The molecule has 0 unspecified atom stereocenters. The third-order valence-corrected chi connectivity index (χ3v) is 8.14. The molecule has 1 heterocycles. The molecule has 0 aliphatic heterocycles. The number of nitro groups is 1. The van der Waals surface area contributed by atoms with Crippen molar-refractivity contribution in [1.29, 1.82) is 0 Å². The molecule has 9 nitrogen and oxygen atoms in total. The van der Waals surface area contributed by atoms with Gasteiger partial charge in [0.15, 0.2) is 0 Å². The van der Waals surface area contributed by atoms with Gasteiger partial charge in [-0.15, -0.1) is 0 Å². The third-order valence-electron chi connectivity index (χ3n) is 8.14. The number of anilines is 2. The number of ether oxygens (including phenoxy) is 1. The highest BCUT2D eigenvalue weighted by molar-refractivity contribution is 5.90. The minimum absolute atomic E-state index is 0.0516. The molecule has 0 saturated heterocycles. The zero-order chi connectivity index (χ0) is 30.6. The van der Waals surface area contributed by atoms with E-state index in [1.165, 1.54) is 11.6 Å². The van der Waals surface area contributed by atoms with E-state index in [9.17, 15) is 10.1 Å². The molecule has 0 bridgehead atoms. The first-order chi connectivity index (χ1) is 20.6. The van der Waals surface area contributed by atoms with Crippen molar-refractivity contribution in [2.75, 3.05) is 30.9 Å². The second-order valence-corrected chi connectivity index (χ2v) is 12.7. The van der Waals surface area contributed by atoms with Gasteiger partial charge in [0.05, 0.1) is 10.4 Å². The molecule has 0 spiro atoms. The molecule has 1 fully saturated rings. The van der Waals surface area contributed by atoms with E-state index in [1.807, 2.05) is 49.3 Å². The second kappa shape index (κ2) is 13.0. The summed E-state index contributed by atoms with van der Waals surface area (Å²) >= 11 is 0. The summed E-state index contributed by atoms with van der Waals surface area (Å²) in [5.41, 5.74) is 3.05. The van der Waals surface area contributed by atoms with Gasteiger partial charge in [0.25, 0.3) is 5.69 Å². The number of hydrogen-bond donors (Lipinski definition) is 2. The molecule has 0 amide bonds. The summed E-state index contributed by atoms with van der Waals surface area (Å²) in [5.74, 6) is 3.46. The van der Waals surface area contributed by atoms with E-state index >= 15 is 0 Å². The number of rotatable bonds is 10. The Hall–Kier alpha value is -4.24. The third kappa shape index (κ3) is 7.59. The summed E-state index contributed by atoms with van der Waals surface area (Å²) in [6, 6.07) is 21.3. The van der Waals surface area contributed by atoms with Crippen LogP contribution < -0.4 is 20.3 Å². The van der Waals surface area contributed by atoms with Gasteiger partial charge in [-0.1, -0.05) is 45.0 Å². The van der Waals surface area contributed by atoms with Crippen LogP contribution in [0.15, 0.2) is 66.7 Å². The SMILES string of the molecule is CN(C)c1nc(NC2CCC(CNCc3cc([N+](=O)[O-])ccc3Oc3ccc(C(C)(C)C)cc3)CC2)nc2ccccc12. The molecule has 9 heteroatoms. The van der Waals surface area contributed by atoms with E-state index in [0.717, 1.165) is 54.5 Å². The first-order valence-corrected chi connectivity index (χ1v) is 15.0. The fraction of sp³-hybridized carbons (Fsp3) is 0.412. The fourth-order valence-electron chi connectivity index (χ4n) is 5.64. The normalized spacial score (nSPS) is 17.0. The number of nitrogens with zero attached hydrogens (tertiary/aromatic N) is 4. The van der Waals surface area contributed by atoms with Crippen molar-refractivity contribution in [3.63, 3.8) is 0 Å². The van der Waals surface area contributed by atoms with Crippen molar-refractivity contribution in [1.82, 2.24) is 15.3 Å². The Labute approximate surface area is 253 Å². The topological polar surface area (TPSA) is 105 Å². The predicted octanol–water partition coefficient (Wildman–Crippen LogP) is 7.45. The maximum atomic E-state index is 11.5. The number of nitrogens with one attached hydrogen (secondary N) is 2. The Morgan fingerprint density at radius 2 is 1.70 bits per heavy atom. The van der Waals surface area contributed by atoms with Crippen molar-refractivity contribution in [2.45, 2.75) is 64.5 Å². The Morgan fingerprint density at radius 1 is 0.977 bits per heavy atom. The average Bonchev–Trinajstić information content (AvgIpc) is 2.98. The van der Waals surface area contributed by atoms with Crippen LogP contribution in [0.25, 0.3) is 10.9 Å². The van der Waals surface area contributed by atoms with E-state index in [4.69, 9.17) is 14.7 Å². The molecule has 226 valence electrons. The largest absolute Gasteiger partial charge is 0.457 e. The Kier molecular flexibility index (Phi) is 9.11. The number of fused-ring (bicyclic) bond motifs is 1. The van der Waals surface area contributed by atoms with Crippen molar-refractivity contribution < 1.29 is 9.66 Å². The minimum atomic E-state index is -0.361. The van der Waals surface area contributed by atoms with Crippen LogP contribution in [0.3, 0.4) is 0 Å². The monoisotopic (exact) mass is 582 g/mol. The summed E-state index contributed by atoms with van der Waals surface area (Å²) in [6.07, 6.45) is 4.24. The van der Waals surface area contributed by atoms with Gasteiger partial charge in [-0.2, -0.15) is 4.98 Å². The predicted molar refractivity (Wildman–Crippen MR) is 173 cm³/mol. The fourth-order valence-corrected chi connectivity index (χ4v) is 5.64. The number of benzene rings is 3. The van der Waals surface area contributed by atoms with Gasteiger partial charge in [0.2, 0.25) is 5.95 Å². The van der Waals surface area contributed by atoms with E-state index in [0.29, 0.717) is 36.0 Å². The smallest absolute Gasteiger partial charge is 0.270 e. The minimum Gasteiger partial charge on any atom is -0.457 e. The van der Waals surface area contributed by atoms with E-state index < -0.39 is 0 Å². The summed E-state index contributed by atoms with van der Waals surface area (Å²) in [5, 5.41) is 19.6. The lowest BCUT2D eigenvalue weighted by atomic mass is 9.86. The summed E-state index contributed by atoms with van der Waals surface area (Å²) < 4.78 is 6.19. The maximum absolute atomic E-state index is 11.5. The summed E-state index contributed by atoms with van der Waals surface area (Å²) in [6.45, 7) is 7.85. The van der Waals surface area contributed by atoms with Gasteiger partial charge in [0.1, 0.15) is 17.3 Å². The number of para-hydroxylation sites is 1. The lowest BCUT2D eigenvalue weighted by molar-refractivity contribution is -0.384. The number of aromatic nitrogens is 2. The highest BCUT2D eigenvalue weighted by atomic mass is 16.6. The lowest BCUT2D eigenvalue weighted by Crippen LogP contribution is -2.31. The summed E-state index contributed by atoms with van der Waals surface area (Å²) in [7, 11) is 4.01. The molecule has 0 atom stereocenters. The van der Waals surface area contributed by atoms with E-state index in [2.05, 4.69) is 49.6 Å². The van der Waals surface area contributed by atoms with Crippen molar-refractivity contribution >= 4 is 28.4 Å². The molecule has 1 aliphatic carbocycles. The molecule has 1 aromatic heterocycles. The van der Waals surface area contributed by atoms with Gasteiger partial charge < -0.3 is 20.3 Å². The first kappa shape index (κ1) is 30.2. The van der Waals surface area contributed by atoms with Gasteiger partial charge in [-0.25, -0.2) is 4.98 Å². The van der Waals surface area contributed by atoms with Crippen LogP contribution in [0, 0.1) is 16.0 Å². The van der Waals surface area contributed by atoms with Crippen LogP contribution in [-0.4, -0.2) is 41.6 Å². The summed E-state index contributed by atoms with van der Waals surface area (Å²) in [4.78, 5) is 22.7. The first-order valence-electron chi connectivity index (χ1n) is 15.0. The van der Waals surface area contributed by atoms with Crippen LogP contribution in [0.2, 0.25) is 0 Å². The molecule has 3 aromatic carbocycles. The molecule has 43 heavy (non-hydrogen) atoms. The van der Waals surface area contributed by atoms with Crippen molar-refractivity contribution in [3.8, 4) is 11.5 Å². The van der Waals surface area contributed by atoms with Crippen LogP contribution >= 0.6 is 0 Å². The van der Waals surface area contributed by atoms with Crippen molar-refractivity contribution in [3.05, 3.63) is 88.0 Å². The highest BCUT2D eigenvalue weighted by Gasteiger charge is 2.23. The lowest BCUT2D eigenvalue weighted by Gasteiger charge is -2.29. The zero-order valence-electron chi connectivity index (χ0n) is 25.8. The molecule has 0 radical (unpaired) electrons. The molecule has 4 aromatic rings. The quantitative estimate of drug-likeness (QED) is 0.147. The number of non-ortho nitro benzene ring substituents is 1. The molecule has 5 rings (SSSR count). The van der Waals surface area contributed by atoms with Gasteiger partial charge in [-0.05, 0) is 79.5 Å². The van der Waals surface area contributed by atoms with Crippen LogP contribution in [0.5, 0.6) is 11.5 Å². The molecular weight excluding hydrogens is 540 g/mol. The van der Waals surface area contributed by atoms with E-state index in [-0.39, 0.29) is 16.0 Å². The number of hydrogen-bond acceptors (Lipinski definition) is 8. The maximum Gasteiger partial charge on any atom is 0.270 e. The second-order valence-electron chi connectivity index (χ2n) is 12.7. The molecule has 1 aliphatic rings. The van der Waals surface area contributed by atoms with Gasteiger partial charge in [0, 0.05) is 49.8 Å². The Balaban J connectivity index is 1.17. The van der Waals surface area contributed by atoms with Crippen LogP contribution in [-0.2, 0) is 12.0 Å². The molecular formula is C34H42N6O3. The van der Waals surface area contributed by atoms with E-state index in [1.54, 1.807) is 12.1 Å². The highest BCUT2D eigenvalue weighted by Crippen LogP contribution is 2.32. The number of nitro benzene ring substituents is 1. The Bertz CT molecular complexity index is 1560.